The molecule has 3 aromatic rings. The van der Waals surface area contributed by atoms with E-state index in [1.165, 1.54) is 0 Å². The van der Waals surface area contributed by atoms with Gasteiger partial charge in [0.2, 0.25) is 0 Å². The van der Waals surface area contributed by atoms with Crippen LogP contribution in [0.3, 0.4) is 0 Å². The first-order chi connectivity index (χ1) is 15.1. The smallest absolute Gasteiger partial charge is 0.305 e. The number of benzene rings is 2. The summed E-state index contributed by atoms with van der Waals surface area (Å²) in [6.07, 6.45) is 0. The van der Waals surface area contributed by atoms with Gasteiger partial charge >= 0.3 is 5.91 Å². The quantitative estimate of drug-likeness (QED) is 0.514. The van der Waals surface area contributed by atoms with Crippen LogP contribution in [0.25, 0.3) is 0 Å². The number of ether oxygens (including phenoxy) is 1. The highest BCUT2D eigenvalue weighted by Gasteiger charge is 2.14. The van der Waals surface area contributed by atoms with Crippen molar-refractivity contribution >= 4 is 11.8 Å². The second-order valence-electron chi connectivity index (χ2n) is 6.93. The SMILES string of the molecule is CCN(CC)Cc1ccc(C(=O)NNC(=O)c2ccc(OCc3ccccc3)cc2)o1. The van der Waals surface area contributed by atoms with Gasteiger partial charge in [0.15, 0.2) is 5.76 Å². The van der Waals surface area contributed by atoms with Gasteiger partial charge in [0.1, 0.15) is 18.1 Å². The summed E-state index contributed by atoms with van der Waals surface area (Å²) in [6.45, 7) is 7.00. The first-order valence-electron chi connectivity index (χ1n) is 10.3. The van der Waals surface area contributed by atoms with E-state index in [0.717, 1.165) is 18.7 Å². The first kappa shape index (κ1) is 22.1. The molecule has 1 aromatic heterocycles. The Balaban J connectivity index is 1.47. The van der Waals surface area contributed by atoms with Crippen LogP contribution < -0.4 is 15.6 Å². The number of hydrogen-bond acceptors (Lipinski definition) is 5. The Bertz CT molecular complexity index is 980. The molecule has 2 N–H and O–H groups in total. The lowest BCUT2D eigenvalue weighted by Crippen LogP contribution is -2.41. The average Bonchev–Trinajstić information content (AvgIpc) is 3.29. The second-order valence-corrected chi connectivity index (χ2v) is 6.93. The predicted molar refractivity (Wildman–Crippen MR) is 117 cm³/mol. The summed E-state index contributed by atoms with van der Waals surface area (Å²) in [5, 5.41) is 0. The van der Waals surface area contributed by atoms with E-state index in [2.05, 4.69) is 29.6 Å². The van der Waals surface area contributed by atoms with E-state index in [0.29, 0.717) is 30.2 Å². The van der Waals surface area contributed by atoms with Crippen molar-refractivity contribution in [3.05, 3.63) is 89.4 Å². The summed E-state index contributed by atoms with van der Waals surface area (Å²) >= 11 is 0. The molecule has 0 bridgehead atoms. The molecule has 0 aliphatic rings. The van der Waals surface area contributed by atoms with Crippen LogP contribution in [-0.4, -0.2) is 29.8 Å². The van der Waals surface area contributed by atoms with Crippen LogP contribution in [0.4, 0.5) is 0 Å². The van der Waals surface area contributed by atoms with E-state index in [1.807, 2.05) is 30.3 Å². The molecule has 0 aliphatic heterocycles. The lowest BCUT2D eigenvalue weighted by Gasteiger charge is -2.15. The maximum atomic E-state index is 12.3. The van der Waals surface area contributed by atoms with Gasteiger partial charge in [0, 0.05) is 5.56 Å². The highest BCUT2D eigenvalue weighted by molar-refractivity contribution is 5.98. The van der Waals surface area contributed by atoms with E-state index < -0.39 is 11.8 Å². The van der Waals surface area contributed by atoms with Gasteiger partial charge in [0.25, 0.3) is 5.91 Å². The Morgan fingerprint density at radius 3 is 2.23 bits per heavy atom. The molecule has 0 saturated heterocycles. The number of carbonyl (C=O) groups excluding carboxylic acids is 2. The normalized spacial score (nSPS) is 10.7. The van der Waals surface area contributed by atoms with Gasteiger partial charge in [-0.15, -0.1) is 0 Å². The van der Waals surface area contributed by atoms with Gasteiger partial charge in [-0.25, -0.2) is 0 Å². The van der Waals surface area contributed by atoms with Crippen LogP contribution in [-0.2, 0) is 13.2 Å². The fourth-order valence-corrected chi connectivity index (χ4v) is 2.94. The largest absolute Gasteiger partial charge is 0.489 e. The van der Waals surface area contributed by atoms with Crippen molar-refractivity contribution in [3.63, 3.8) is 0 Å². The predicted octanol–water partition coefficient (Wildman–Crippen LogP) is 3.78. The van der Waals surface area contributed by atoms with Crippen molar-refractivity contribution < 1.29 is 18.7 Å². The van der Waals surface area contributed by atoms with E-state index in [1.54, 1.807) is 36.4 Å². The van der Waals surface area contributed by atoms with Crippen LogP contribution in [0.5, 0.6) is 5.75 Å². The summed E-state index contributed by atoms with van der Waals surface area (Å²) in [7, 11) is 0. The monoisotopic (exact) mass is 421 g/mol. The Morgan fingerprint density at radius 1 is 0.871 bits per heavy atom. The minimum atomic E-state index is -0.512. The summed E-state index contributed by atoms with van der Waals surface area (Å²) in [5.74, 6) is 0.555. The zero-order valence-electron chi connectivity index (χ0n) is 17.8. The third kappa shape index (κ3) is 6.45. The molecule has 0 unspecified atom stereocenters. The van der Waals surface area contributed by atoms with Crippen LogP contribution >= 0.6 is 0 Å². The molecule has 0 aliphatic carbocycles. The molecule has 3 rings (SSSR count). The average molecular weight is 421 g/mol. The summed E-state index contributed by atoms with van der Waals surface area (Å²) in [6, 6.07) is 19.9. The molecule has 162 valence electrons. The highest BCUT2D eigenvalue weighted by atomic mass is 16.5. The fourth-order valence-electron chi connectivity index (χ4n) is 2.94. The number of nitrogens with one attached hydrogen (secondary N) is 2. The number of carbonyl (C=O) groups is 2. The number of nitrogens with zero attached hydrogens (tertiary/aromatic N) is 1. The molecule has 0 fully saturated rings. The standard InChI is InChI=1S/C24H27N3O4/c1-3-27(4-2)16-21-14-15-22(31-21)24(29)26-25-23(28)19-10-12-20(13-11-19)30-17-18-8-6-5-7-9-18/h5-15H,3-4,16-17H2,1-2H3,(H,25,28)(H,26,29). The van der Waals surface area contributed by atoms with Gasteiger partial charge in [-0.3, -0.25) is 25.3 Å². The topological polar surface area (TPSA) is 83.8 Å². The van der Waals surface area contributed by atoms with Gasteiger partial charge in [-0.1, -0.05) is 44.2 Å². The minimum absolute atomic E-state index is 0.145. The summed E-state index contributed by atoms with van der Waals surface area (Å²) in [5.41, 5.74) is 6.23. The fraction of sp³-hybridized carbons (Fsp3) is 0.250. The maximum Gasteiger partial charge on any atom is 0.305 e. The van der Waals surface area contributed by atoms with E-state index in [-0.39, 0.29) is 5.76 Å². The van der Waals surface area contributed by atoms with E-state index in [4.69, 9.17) is 9.15 Å². The minimum Gasteiger partial charge on any atom is -0.489 e. The van der Waals surface area contributed by atoms with Crippen LogP contribution in [0.15, 0.2) is 71.1 Å². The second kappa shape index (κ2) is 11.0. The molecular formula is C24H27N3O4. The Morgan fingerprint density at radius 2 is 1.55 bits per heavy atom. The molecule has 0 radical (unpaired) electrons. The van der Waals surface area contributed by atoms with Crippen molar-refractivity contribution in [3.8, 4) is 5.75 Å². The maximum absolute atomic E-state index is 12.3. The van der Waals surface area contributed by atoms with Crippen molar-refractivity contribution in [2.24, 2.45) is 0 Å². The Kier molecular flexibility index (Phi) is 7.84. The Labute approximate surface area is 182 Å². The molecule has 31 heavy (non-hydrogen) atoms. The number of hydrogen-bond donors (Lipinski definition) is 2. The van der Waals surface area contributed by atoms with Crippen molar-refractivity contribution in [2.45, 2.75) is 27.0 Å². The van der Waals surface area contributed by atoms with Crippen LogP contribution in [0.1, 0.15) is 46.1 Å². The van der Waals surface area contributed by atoms with Crippen molar-refractivity contribution in [1.82, 2.24) is 15.8 Å². The lowest BCUT2D eigenvalue weighted by molar-refractivity contribution is 0.0829. The summed E-state index contributed by atoms with van der Waals surface area (Å²) < 4.78 is 11.3. The van der Waals surface area contributed by atoms with Gasteiger partial charge < -0.3 is 9.15 Å². The molecule has 2 amide bonds. The van der Waals surface area contributed by atoms with Crippen LogP contribution in [0.2, 0.25) is 0 Å². The number of rotatable bonds is 9. The first-order valence-corrected chi connectivity index (χ1v) is 10.3. The van der Waals surface area contributed by atoms with Crippen molar-refractivity contribution in [1.29, 1.82) is 0 Å². The molecule has 2 aromatic carbocycles. The molecule has 7 nitrogen and oxygen atoms in total. The number of furan rings is 1. The molecule has 0 saturated carbocycles. The zero-order valence-corrected chi connectivity index (χ0v) is 17.8. The molecule has 0 atom stereocenters. The number of amides is 2. The molecule has 7 heteroatoms. The van der Waals surface area contributed by atoms with E-state index in [9.17, 15) is 9.59 Å². The molecular weight excluding hydrogens is 394 g/mol. The number of hydrazine groups is 1. The lowest BCUT2D eigenvalue weighted by atomic mass is 10.2. The van der Waals surface area contributed by atoms with E-state index >= 15 is 0 Å². The van der Waals surface area contributed by atoms with Gasteiger partial charge in [0.05, 0.1) is 6.54 Å². The van der Waals surface area contributed by atoms with Gasteiger partial charge in [-0.2, -0.15) is 0 Å². The van der Waals surface area contributed by atoms with Gasteiger partial charge in [-0.05, 0) is 55.1 Å². The van der Waals surface area contributed by atoms with Crippen molar-refractivity contribution in [2.75, 3.05) is 13.1 Å². The third-order valence-corrected chi connectivity index (χ3v) is 4.81. The molecule has 0 spiro atoms. The third-order valence-electron chi connectivity index (χ3n) is 4.81. The Hall–Kier alpha value is -3.58. The highest BCUT2D eigenvalue weighted by Crippen LogP contribution is 2.14. The van der Waals surface area contributed by atoms with Crippen LogP contribution in [0, 0.1) is 0 Å². The zero-order chi connectivity index (χ0) is 22.1. The molecule has 1 heterocycles. The summed E-state index contributed by atoms with van der Waals surface area (Å²) in [4.78, 5) is 26.7.